The maximum Gasteiger partial charge on any atom is 0.261 e. The lowest BCUT2D eigenvalue weighted by molar-refractivity contribution is -0.127. The zero-order valence-electron chi connectivity index (χ0n) is 15.9. The molecule has 27 heavy (non-hydrogen) atoms. The van der Waals surface area contributed by atoms with Gasteiger partial charge in [0.05, 0.1) is 6.54 Å². The largest absolute Gasteiger partial charge is 0.481 e. The summed E-state index contributed by atoms with van der Waals surface area (Å²) in [6.07, 6.45) is -0.634. The summed E-state index contributed by atoms with van der Waals surface area (Å²) in [7, 11) is 0. The SMILES string of the molecule is Cc1ccc(-c2noc(CNC(=O)[C@@H](C)Oc3cc(C)cc(C)c3)n2)cc1. The molecule has 0 unspecified atom stereocenters. The summed E-state index contributed by atoms with van der Waals surface area (Å²) in [5.41, 5.74) is 4.21. The molecule has 3 rings (SSSR count). The minimum atomic E-state index is -0.634. The van der Waals surface area contributed by atoms with Crippen LogP contribution in [0.4, 0.5) is 0 Å². The highest BCUT2D eigenvalue weighted by atomic mass is 16.5. The maximum absolute atomic E-state index is 12.3. The Balaban J connectivity index is 1.56. The lowest BCUT2D eigenvalue weighted by Crippen LogP contribution is -2.36. The van der Waals surface area contributed by atoms with Crippen molar-refractivity contribution in [3.8, 4) is 17.1 Å². The van der Waals surface area contributed by atoms with E-state index in [-0.39, 0.29) is 12.5 Å². The summed E-state index contributed by atoms with van der Waals surface area (Å²) in [5, 5.41) is 6.72. The predicted octanol–water partition coefficient (Wildman–Crippen LogP) is 3.75. The first-order valence-electron chi connectivity index (χ1n) is 8.83. The molecule has 140 valence electrons. The molecule has 2 aromatic carbocycles. The highest BCUT2D eigenvalue weighted by Crippen LogP contribution is 2.18. The Bertz CT molecular complexity index is 912. The Morgan fingerprint density at radius 2 is 1.74 bits per heavy atom. The Labute approximate surface area is 158 Å². The number of nitrogens with one attached hydrogen (secondary N) is 1. The van der Waals surface area contributed by atoms with Crippen molar-refractivity contribution in [3.63, 3.8) is 0 Å². The monoisotopic (exact) mass is 365 g/mol. The summed E-state index contributed by atoms with van der Waals surface area (Å²) in [4.78, 5) is 16.6. The van der Waals surface area contributed by atoms with Gasteiger partial charge in [-0.15, -0.1) is 0 Å². The van der Waals surface area contributed by atoms with Crippen molar-refractivity contribution in [1.29, 1.82) is 0 Å². The van der Waals surface area contributed by atoms with E-state index in [4.69, 9.17) is 9.26 Å². The number of carbonyl (C=O) groups is 1. The first-order valence-corrected chi connectivity index (χ1v) is 8.83. The standard InChI is InChI=1S/C21H23N3O3/c1-13-5-7-17(8-6-13)20-23-19(27-24-20)12-22-21(25)16(4)26-18-10-14(2)9-15(3)11-18/h5-11,16H,12H2,1-4H3,(H,22,25)/t16-/m1/s1. The van der Waals surface area contributed by atoms with Gasteiger partial charge in [0, 0.05) is 5.56 Å². The van der Waals surface area contributed by atoms with Crippen molar-refractivity contribution < 1.29 is 14.1 Å². The molecule has 0 aliphatic heterocycles. The number of amides is 1. The molecule has 1 amide bonds. The van der Waals surface area contributed by atoms with Gasteiger partial charge in [-0.05, 0) is 51.0 Å². The fraction of sp³-hybridized carbons (Fsp3) is 0.286. The van der Waals surface area contributed by atoms with Gasteiger partial charge in [-0.1, -0.05) is 41.1 Å². The van der Waals surface area contributed by atoms with Crippen LogP contribution in [0.5, 0.6) is 5.75 Å². The van der Waals surface area contributed by atoms with E-state index in [0.29, 0.717) is 17.5 Å². The second-order valence-electron chi connectivity index (χ2n) is 6.68. The third-order valence-corrected chi connectivity index (χ3v) is 4.07. The number of rotatable bonds is 6. The summed E-state index contributed by atoms with van der Waals surface area (Å²) in [6, 6.07) is 13.7. The highest BCUT2D eigenvalue weighted by Gasteiger charge is 2.16. The van der Waals surface area contributed by atoms with E-state index in [0.717, 1.165) is 22.3 Å². The summed E-state index contributed by atoms with van der Waals surface area (Å²) >= 11 is 0. The number of ether oxygens (including phenoxy) is 1. The van der Waals surface area contributed by atoms with E-state index in [1.54, 1.807) is 6.92 Å². The number of carbonyl (C=O) groups excluding carboxylic acids is 1. The van der Waals surface area contributed by atoms with Crippen LogP contribution >= 0.6 is 0 Å². The third kappa shape index (κ3) is 4.94. The van der Waals surface area contributed by atoms with Gasteiger partial charge < -0.3 is 14.6 Å². The zero-order chi connectivity index (χ0) is 19.4. The first-order chi connectivity index (χ1) is 12.9. The maximum atomic E-state index is 12.3. The fourth-order valence-corrected chi connectivity index (χ4v) is 2.71. The smallest absolute Gasteiger partial charge is 0.261 e. The van der Waals surface area contributed by atoms with Gasteiger partial charge in [-0.3, -0.25) is 4.79 Å². The molecule has 0 radical (unpaired) electrons. The van der Waals surface area contributed by atoms with Gasteiger partial charge in [-0.25, -0.2) is 0 Å². The molecular weight excluding hydrogens is 342 g/mol. The fourth-order valence-electron chi connectivity index (χ4n) is 2.71. The van der Waals surface area contributed by atoms with E-state index < -0.39 is 6.10 Å². The average Bonchev–Trinajstić information content (AvgIpc) is 3.08. The second-order valence-corrected chi connectivity index (χ2v) is 6.68. The van der Waals surface area contributed by atoms with Crippen molar-refractivity contribution in [1.82, 2.24) is 15.5 Å². The molecule has 0 saturated heterocycles. The summed E-state index contributed by atoms with van der Waals surface area (Å²) in [5.74, 6) is 1.27. The van der Waals surface area contributed by atoms with Crippen molar-refractivity contribution in [2.75, 3.05) is 0 Å². The van der Waals surface area contributed by atoms with Gasteiger partial charge in [0.15, 0.2) is 6.10 Å². The van der Waals surface area contributed by atoms with Crippen LogP contribution in [-0.4, -0.2) is 22.2 Å². The number of nitrogens with zero attached hydrogens (tertiary/aromatic N) is 2. The molecule has 0 bridgehead atoms. The Morgan fingerprint density at radius 3 is 2.41 bits per heavy atom. The van der Waals surface area contributed by atoms with Crippen LogP contribution < -0.4 is 10.1 Å². The molecule has 0 spiro atoms. The van der Waals surface area contributed by atoms with Crippen LogP contribution in [0.25, 0.3) is 11.4 Å². The van der Waals surface area contributed by atoms with Gasteiger partial charge >= 0.3 is 0 Å². The van der Waals surface area contributed by atoms with Crippen LogP contribution in [0.3, 0.4) is 0 Å². The molecule has 6 nitrogen and oxygen atoms in total. The molecule has 1 aromatic heterocycles. The molecule has 0 aliphatic carbocycles. The Morgan fingerprint density at radius 1 is 1.07 bits per heavy atom. The molecule has 6 heteroatoms. The quantitative estimate of drug-likeness (QED) is 0.720. The van der Waals surface area contributed by atoms with Crippen LogP contribution in [-0.2, 0) is 11.3 Å². The predicted molar refractivity (Wildman–Crippen MR) is 102 cm³/mol. The van der Waals surface area contributed by atoms with E-state index >= 15 is 0 Å². The first kappa shape index (κ1) is 18.6. The van der Waals surface area contributed by atoms with E-state index in [1.807, 2.05) is 57.2 Å². The second kappa shape index (κ2) is 8.03. The minimum absolute atomic E-state index is 0.151. The van der Waals surface area contributed by atoms with Crippen LogP contribution in [0.15, 0.2) is 47.0 Å². The molecule has 1 N–H and O–H groups in total. The number of hydrogen-bond acceptors (Lipinski definition) is 5. The Kier molecular flexibility index (Phi) is 5.54. The van der Waals surface area contributed by atoms with E-state index in [9.17, 15) is 4.79 Å². The van der Waals surface area contributed by atoms with Gasteiger partial charge in [0.25, 0.3) is 5.91 Å². The van der Waals surface area contributed by atoms with Crippen LogP contribution in [0.1, 0.15) is 29.5 Å². The van der Waals surface area contributed by atoms with Crippen molar-refractivity contribution in [2.45, 2.75) is 40.3 Å². The lowest BCUT2D eigenvalue weighted by atomic mass is 10.1. The number of aromatic nitrogens is 2. The van der Waals surface area contributed by atoms with Crippen LogP contribution in [0.2, 0.25) is 0 Å². The zero-order valence-corrected chi connectivity index (χ0v) is 15.9. The van der Waals surface area contributed by atoms with Crippen molar-refractivity contribution >= 4 is 5.91 Å². The molecule has 3 aromatic rings. The van der Waals surface area contributed by atoms with Crippen molar-refractivity contribution in [3.05, 3.63) is 65.0 Å². The van der Waals surface area contributed by atoms with E-state index in [2.05, 4.69) is 21.5 Å². The van der Waals surface area contributed by atoms with E-state index in [1.165, 1.54) is 0 Å². The van der Waals surface area contributed by atoms with Crippen molar-refractivity contribution in [2.24, 2.45) is 0 Å². The average molecular weight is 365 g/mol. The van der Waals surface area contributed by atoms with Crippen LogP contribution in [0, 0.1) is 20.8 Å². The number of aryl methyl sites for hydroxylation is 3. The molecule has 1 atom stereocenters. The van der Waals surface area contributed by atoms with Gasteiger partial charge in [-0.2, -0.15) is 4.98 Å². The molecule has 0 aliphatic rings. The molecule has 1 heterocycles. The third-order valence-electron chi connectivity index (χ3n) is 4.07. The summed E-state index contributed by atoms with van der Waals surface area (Å²) < 4.78 is 10.9. The van der Waals surface area contributed by atoms with Gasteiger partial charge in [0.2, 0.25) is 11.7 Å². The topological polar surface area (TPSA) is 77.2 Å². The Hall–Kier alpha value is -3.15. The minimum Gasteiger partial charge on any atom is -0.481 e. The lowest BCUT2D eigenvalue weighted by Gasteiger charge is -2.15. The summed E-state index contributed by atoms with van der Waals surface area (Å²) in [6.45, 7) is 7.86. The molecule has 0 fully saturated rings. The highest BCUT2D eigenvalue weighted by molar-refractivity contribution is 5.80. The molecular formula is C21H23N3O3. The number of benzene rings is 2. The number of hydrogen-bond donors (Lipinski definition) is 1. The normalized spacial score (nSPS) is 11.9. The molecule has 0 saturated carbocycles. The van der Waals surface area contributed by atoms with Gasteiger partial charge in [0.1, 0.15) is 5.75 Å².